The van der Waals surface area contributed by atoms with Crippen LogP contribution in [-0.2, 0) is 11.2 Å². The molecule has 1 unspecified atom stereocenters. The van der Waals surface area contributed by atoms with E-state index in [-0.39, 0.29) is 16.7 Å². The Hall–Kier alpha value is -2.02. The van der Waals surface area contributed by atoms with Crippen molar-refractivity contribution in [1.82, 2.24) is 0 Å². The number of rotatable bonds is 5. The Labute approximate surface area is 120 Å². The number of carbonyl (C=O) groups excluding carboxylic acids is 1. The van der Waals surface area contributed by atoms with Crippen LogP contribution in [0, 0.1) is 0 Å². The monoisotopic (exact) mass is 294 g/mol. The summed E-state index contributed by atoms with van der Waals surface area (Å²) in [6.07, 6.45) is 1.15. The highest BCUT2D eigenvalue weighted by atomic mass is 32.2. The lowest BCUT2D eigenvalue weighted by molar-refractivity contribution is -0.117. The fraction of sp³-hybridized carbons (Fsp3) is 0.308. The molecular weight excluding hydrogens is 280 g/mol. The molecule has 1 aliphatic heterocycles. The van der Waals surface area contributed by atoms with Crippen molar-refractivity contribution >= 4 is 28.8 Å². The molecule has 0 aliphatic carbocycles. The van der Waals surface area contributed by atoms with Crippen LogP contribution < -0.4 is 10.5 Å². The summed E-state index contributed by atoms with van der Waals surface area (Å²) in [5.41, 5.74) is 6.44. The fourth-order valence-electron chi connectivity index (χ4n) is 1.96. The number of nitrogens with two attached hydrogens (primary N) is 1. The van der Waals surface area contributed by atoms with Gasteiger partial charge in [0, 0.05) is 0 Å². The Bertz CT molecular complexity index is 586. The average Bonchev–Trinajstić information content (AvgIpc) is 2.74. The summed E-state index contributed by atoms with van der Waals surface area (Å²) in [6.45, 7) is 0. The number of carbonyl (C=O) groups is 2. The number of methoxy groups -OCH3 is 1. The zero-order chi connectivity index (χ0) is 14.7. The van der Waals surface area contributed by atoms with Crippen molar-refractivity contribution in [3.63, 3.8) is 0 Å². The summed E-state index contributed by atoms with van der Waals surface area (Å²) < 4.78 is 5.00. The first-order chi connectivity index (χ1) is 9.51. The Balaban J connectivity index is 2.05. The molecule has 7 heteroatoms. The van der Waals surface area contributed by atoms with E-state index in [4.69, 9.17) is 15.6 Å². The number of nitrogens with zero attached hydrogens (tertiary/aromatic N) is 1. The normalized spacial score (nSPS) is 17.9. The second-order valence-corrected chi connectivity index (χ2v) is 5.50. The lowest BCUT2D eigenvalue weighted by Crippen LogP contribution is -2.12. The molecule has 6 nitrogen and oxygen atoms in total. The van der Waals surface area contributed by atoms with Gasteiger partial charge in [0.05, 0.1) is 12.4 Å². The number of thioether (sulfide) groups is 1. The minimum atomic E-state index is -1.04. The summed E-state index contributed by atoms with van der Waals surface area (Å²) >= 11 is 1.25. The van der Waals surface area contributed by atoms with Gasteiger partial charge in [0.2, 0.25) is 0 Å². The number of aliphatic imine (C=N–C) groups is 1. The molecule has 1 aliphatic rings. The number of ether oxygens (including phenoxy) is 1. The number of aryl methyl sites for hydroxylation is 1. The van der Waals surface area contributed by atoms with E-state index < -0.39 is 5.97 Å². The third kappa shape index (κ3) is 3.11. The van der Waals surface area contributed by atoms with Crippen molar-refractivity contribution in [3.05, 3.63) is 29.3 Å². The minimum absolute atomic E-state index is 0.117. The van der Waals surface area contributed by atoms with Gasteiger partial charge in [-0.3, -0.25) is 4.79 Å². The molecule has 1 amide bonds. The lowest BCUT2D eigenvalue weighted by atomic mass is 10.0. The molecule has 0 fully saturated rings. The van der Waals surface area contributed by atoms with Crippen LogP contribution >= 0.6 is 11.8 Å². The van der Waals surface area contributed by atoms with Gasteiger partial charge in [-0.2, -0.15) is 4.99 Å². The third-order valence-electron chi connectivity index (χ3n) is 2.95. The third-order valence-corrected chi connectivity index (χ3v) is 4.00. The highest BCUT2D eigenvalue weighted by Gasteiger charge is 2.26. The number of carboxylic acids is 1. The van der Waals surface area contributed by atoms with Gasteiger partial charge in [-0.1, -0.05) is 17.8 Å². The van der Waals surface area contributed by atoms with Crippen LogP contribution in [0.15, 0.2) is 23.2 Å². The molecule has 1 heterocycles. The van der Waals surface area contributed by atoms with E-state index in [1.54, 1.807) is 18.2 Å². The maximum atomic E-state index is 11.5. The molecule has 106 valence electrons. The smallest absolute Gasteiger partial charge is 0.339 e. The second-order valence-electron chi connectivity index (χ2n) is 4.27. The van der Waals surface area contributed by atoms with Gasteiger partial charge < -0.3 is 15.6 Å². The van der Waals surface area contributed by atoms with Crippen molar-refractivity contribution in [1.29, 1.82) is 0 Å². The highest BCUT2D eigenvalue weighted by molar-refractivity contribution is 8.15. The zero-order valence-corrected chi connectivity index (χ0v) is 11.6. The molecule has 3 N–H and O–H groups in total. The Kier molecular flexibility index (Phi) is 4.29. The summed E-state index contributed by atoms with van der Waals surface area (Å²) in [5, 5.41) is 9.12. The zero-order valence-electron chi connectivity index (χ0n) is 10.8. The average molecular weight is 294 g/mol. The van der Waals surface area contributed by atoms with Crippen LogP contribution in [0.5, 0.6) is 5.75 Å². The first-order valence-electron chi connectivity index (χ1n) is 5.96. The van der Waals surface area contributed by atoms with E-state index in [1.807, 2.05) is 0 Å². The van der Waals surface area contributed by atoms with Crippen LogP contribution in [0.1, 0.15) is 22.3 Å². The van der Waals surface area contributed by atoms with E-state index >= 15 is 0 Å². The number of carboxylic acid groups (broad SMARTS) is 1. The van der Waals surface area contributed by atoms with E-state index in [1.165, 1.54) is 18.9 Å². The van der Waals surface area contributed by atoms with Crippen LogP contribution in [0.25, 0.3) is 0 Å². The first-order valence-corrected chi connectivity index (χ1v) is 6.84. The Morgan fingerprint density at radius 1 is 1.55 bits per heavy atom. The van der Waals surface area contributed by atoms with E-state index in [0.717, 1.165) is 5.56 Å². The van der Waals surface area contributed by atoms with E-state index in [0.29, 0.717) is 23.8 Å². The molecule has 0 bridgehead atoms. The standard InChI is InChI=1S/C13H14N2O4S/c1-19-9-4-2-7(6-8(9)12(17)18)3-5-10-11(16)15-13(14)20-10/h2,4,6,10H,3,5H2,1H3,(H,17,18)(H2,14,15,16). The van der Waals surface area contributed by atoms with Gasteiger partial charge in [0.25, 0.3) is 5.91 Å². The largest absolute Gasteiger partial charge is 0.496 e. The van der Waals surface area contributed by atoms with Gasteiger partial charge in [0.1, 0.15) is 11.3 Å². The summed E-state index contributed by atoms with van der Waals surface area (Å²) in [6, 6.07) is 4.97. The van der Waals surface area contributed by atoms with Gasteiger partial charge in [-0.25, -0.2) is 4.79 Å². The number of hydrogen-bond donors (Lipinski definition) is 2. The number of amidine groups is 1. The van der Waals surface area contributed by atoms with Gasteiger partial charge in [0.15, 0.2) is 5.17 Å². The SMILES string of the molecule is COc1ccc(CCC2SC(N)=NC2=O)cc1C(=O)O. The Morgan fingerprint density at radius 3 is 2.85 bits per heavy atom. The molecule has 1 aromatic carbocycles. The van der Waals surface area contributed by atoms with Crippen molar-refractivity contribution in [2.24, 2.45) is 10.7 Å². The van der Waals surface area contributed by atoms with Crippen LogP contribution in [0.3, 0.4) is 0 Å². The summed E-state index contributed by atoms with van der Waals surface area (Å²) in [7, 11) is 1.43. The molecule has 1 atom stereocenters. The maximum absolute atomic E-state index is 11.5. The minimum Gasteiger partial charge on any atom is -0.496 e. The van der Waals surface area contributed by atoms with Gasteiger partial charge >= 0.3 is 5.97 Å². The number of amides is 1. The van der Waals surface area contributed by atoms with Gasteiger partial charge in [-0.05, 0) is 30.5 Å². The highest BCUT2D eigenvalue weighted by Crippen LogP contribution is 2.26. The number of aromatic carboxylic acids is 1. The molecule has 0 aromatic heterocycles. The molecular formula is C13H14N2O4S. The predicted molar refractivity (Wildman–Crippen MR) is 76.3 cm³/mol. The lowest BCUT2D eigenvalue weighted by Gasteiger charge is -2.09. The van der Waals surface area contributed by atoms with Crippen molar-refractivity contribution in [2.75, 3.05) is 7.11 Å². The van der Waals surface area contributed by atoms with Gasteiger partial charge in [-0.15, -0.1) is 0 Å². The number of benzene rings is 1. The van der Waals surface area contributed by atoms with E-state index in [9.17, 15) is 9.59 Å². The van der Waals surface area contributed by atoms with Crippen LogP contribution in [-0.4, -0.2) is 34.5 Å². The molecule has 20 heavy (non-hydrogen) atoms. The van der Waals surface area contributed by atoms with Crippen LogP contribution in [0.2, 0.25) is 0 Å². The second kappa shape index (κ2) is 5.96. The molecule has 1 aromatic rings. The fourth-order valence-corrected chi connectivity index (χ4v) is 2.78. The van der Waals surface area contributed by atoms with Crippen molar-refractivity contribution in [3.8, 4) is 5.75 Å². The molecule has 0 radical (unpaired) electrons. The number of hydrogen-bond acceptors (Lipinski definition) is 5. The topological polar surface area (TPSA) is 102 Å². The molecule has 0 saturated heterocycles. The van der Waals surface area contributed by atoms with Crippen molar-refractivity contribution < 1.29 is 19.4 Å². The molecule has 0 saturated carbocycles. The summed E-state index contributed by atoms with van der Waals surface area (Å²) in [4.78, 5) is 26.3. The van der Waals surface area contributed by atoms with E-state index in [2.05, 4.69) is 4.99 Å². The molecule has 2 rings (SSSR count). The van der Waals surface area contributed by atoms with Crippen LogP contribution in [0.4, 0.5) is 0 Å². The van der Waals surface area contributed by atoms with Crippen molar-refractivity contribution in [2.45, 2.75) is 18.1 Å². The molecule has 0 spiro atoms. The quantitative estimate of drug-likeness (QED) is 0.848. The Morgan fingerprint density at radius 2 is 2.30 bits per heavy atom. The maximum Gasteiger partial charge on any atom is 0.339 e. The first kappa shape index (κ1) is 14.4. The predicted octanol–water partition coefficient (Wildman–Crippen LogP) is 1.28. The summed E-state index contributed by atoms with van der Waals surface area (Å²) in [5.74, 6) is -0.942.